The van der Waals surface area contributed by atoms with Crippen LogP contribution in [0.2, 0.25) is 0 Å². The molecule has 1 heterocycles. The molecule has 0 N–H and O–H groups in total. The summed E-state index contributed by atoms with van der Waals surface area (Å²) in [5, 5.41) is 0. The standard InChI is InChI=1S/C15H22O4/c1-13(2,3)14(4)15(17-6,19-18-14)11-8-7-9-12(10-11)16-5/h7-10H,1-6H3. The maximum absolute atomic E-state index is 5.70. The van der Waals surface area contributed by atoms with Crippen LogP contribution in [0.5, 0.6) is 5.75 Å². The molecule has 0 aromatic heterocycles. The maximum atomic E-state index is 5.70. The Kier molecular flexibility index (Phi) is 3.37. The highest BCUT2D eigenvalue weighted by molar-refractivity contribution is 5.34. The van der Waals surface area contributed by atoms with Gasteiger partial charge in [0, 0.05) is 12.7 Å². The van der Waals surface area contributed by atoms with Crippen LogP contribution in [0, 0.1) is 5.41 Å². The highest BCUT2D eigenvalue weighted by atomic mass is 17.3. The summed E-state index contributed by atoms with van der Waals surface area (Å²) in [6.07, 6.45) is 0. The molecular weight excluding hydrogens is 244 g/mol. The SMILES string of the molecule is COc1cccc(C2(OC)OOC2(C)C(C)(C)C)c1. The van der Waals surface area contributed by atoms with E-state index in [1.165, 1.54) is 0 Å². The van der Waals surface area contributed by atoms with E-state index in [2.05, 4.69) is 20.8 Å². The molecule has 1 aliphatic rings. The Morgan fingerprint density at radius 1 is 1.11 bits per heavy atom. The molecule has 1 aromatic rings. The quantitative estimate of drug-likeness (QED) is 0.787. The van der Waals surface area contributed by atoms with Crippen LogP contribution in [-0.2, 0) is 20.3 Å². The van der Waals surface area contributed by atoms with Crippen molar-refractivity contribution in [3.8, 4) is 5.75 Å². The van der Waals surface area contributed by atoms with Gasteiger partial charge in [0.2, 0.25) is 0 Å². The third-order valence-electron chi connectivity index (χ3n) is 4.12. The fourth-order valence-electron chi connectivity index (χ4n) is 2.36. The van der Waals surface area contributed by atoms with E-state index in [1.54, 1.807) is 14.2 Å². The molecule has 4 nitrogen and oxygen atoms in total. The lowest BCUT2D eigenvalue weighted by Gasteiger charge is -2.58. The van der Waals surface area contributed by atoms with E-state index in [-0.39, 0.29) is 5.41 Å². The molecule has 0 radical (unpaired) electrons. The van der Waals surface area contributed by atoms with Crippen molar-refractivity contribution in [1.29, 1.82) is 0 Å². The predicted octanol–water partition coefficient (Wildman–Crippen LogP) is 3.26. The van der Waals surface area contributed by atoms with Gasteiger partial charge in [-0.05, 0) is 24.5 Å². The lowest BCUT2D eigenvalue weighted by Crippen LogP contribution is -2.69. The van der Waals surface area contributed by atoms with Gasteiger partial charge in [0.25, 0.3) is 5.79 Å². The van der Waals surface area contributed by atoms with E-state index in [4.69, 9.17) is 19.2 Å². The van der Waals surface area contributed by atoms with Crippen LogP contribution in [0.4, 0.5) is 0 Å². The molecule has 0 bridgehead atoms. The van der Waals surface area contributed by atoms with Crippen molar-refractivity contribution in [2.45, 2.75) is 39.1 Å². The Hall–Kier alpha value is -1.10. The third-order valence-corrected chi connectivity index (χ3v) is 4.12. The average molecular weight is 266 g/mol. The fourth-order valence-corrected chi connectivity index (χ4v) is 2.36. The van der Waals surface area contributed by atoms with E-state index in [9.17, 15) is 0 Å². The lowest BCUT2D eigenvalue weighted by atomic mass is 9.69. The van der Waals surface area contributed by atoms with Gasteiger partial charge in [-0.3, -0.25) is 0 Å². The summed E-state index contributed by atoms with van der Waals surface area (Å²) in [6, 6.07) is 7.68. The van der Waals surface area contributed by atoms with Crippen molar-refractivity contribution in [3.05, 3.63) is 29.8 Å². The van der Waals surface area contributed by atoms with E-state index in [0.29, 0.717) is 0 Å². The van der Waals surface area contributed by atoms with Gasteiger partial charge < -0.3 is 9.47 Å². The van der Waals surface area contributed by atoms with Crippen molar-refractivity contribution >= 4 is 0 Å². The number of methoxy groups -OCH3 is 2. The van der Waals surface area contributed by atoms with Crippen molar-refractivity contribution in [2.75, 3.05) is 14.2 Å². The second-order valence-corrected chi connectivity index (χ2v) is 6.00. The van der Waals surface area contributed by atoms with Gasteiger partial charge in [0.1, 0.15) is 5.75 Å². The zero-order valence-corrected chi connectivity index (χ0v) is 12.4. The number of hydrogen-bond acceptors (Lipinski definition) is 4. The number of ether oxygens (including phenoxy) is 2. The largest absolute Gasteiger partial charge is 0.497 e. The Morgan fingerprint density at radius 3 is 2.21 bits per heavy atom. The lowest BCUT2D eigenvalue weighted by molar-refractivity contribution is -0.630. The minimum absolute atomic E-state index is 0.148. The van der Waals surface area contributed by atoms with Gasteiger partial charge in [0.05, 0.1) is 7.11 Å². The summed E-state index contributed by atoms with van der Waals surface area (Å²) in [5.41, 5.74) is 0.156. The first-order valence-corrected chi connectivity index (χ1v) is 6.37. The Labute approximate surface area is 114 Å². The van der Waals surface area contributed by atoms with Gasteiger partial charge in [-0.2, -0.15) is 4.89 Å². The minimum atomic E-state index is -0.917. The second kappa shape index (κ2) is 4.47. The number of rotatable bonds is 3. The van der Waals surface area contributed by atoms with Crippen LogP contribution < -0.4 is 4.74 Å². The van der Waals surface area contributed by atoms with Crippen LogP contribution in [-0.4, -0.2) is 19.8 Å². The smallest absolute Gasteiger partial charge is 0.260 e. The number of benzene rings is 1. The summed E-state index contributed by atoms with van der Waals surface area (Å²) >= 11 is 0. The topological polar surface area (TPSA) is 36.9 Å². The summed E-state index contributed by atoms with van der Waals surface area (Å²) < 4.78 is 11.0. The molecule has 4 heteroatoms. The molecular formula is C15H22O4. The molecule has 1 saturated heterocycles. The molecule has 2 atom stereocenters. The summed E-state index contributed by atoms with van der Waals surface area (Å²) in [6.45, 7) is 8.30. The normalized spacial score (nSPS) is 30.8. The Morgan fingerprint density at radius 2 is 1.79 bits per heavy atom. The average Bonchev–Trinajstić information content (AvgIpc) is 2.37. The second-order valence-electron chi connectivity index (χ2n) is 6.00. The zero-order chi connectivity index (χ0) is 14.3. The summed E-state index contributed by atoms with van der Waals surface area (Å²) in [4.78, 5) is 10.9. The third kappa shape index (κ3) is 1.86. The zero-order valence-electron chi connectivity index (χ0n) is 12.4. The first kappa shape index (κ1) is 14.3. The maximum Gasteiger partial charge on any atom is 0.260 e. The predicted molar refractivity (Wildman–Crippen MR) is 71.7 cm³/mol. The summed E-state index contributed by atoms with van der Waals surface area (Å²) in [5.74, 6) is -0.152. The minimum Gasteiger partial charge on any atom is -0.497 e. The van der Waals surface area contributed by atoms with Crippen molar-refractivity contribution < 1.29 is 19.2 Å². The van der Waals surface area contributed by atoms with Gasteiger partial charge in [-0.25, -0.2) is 4.89 Å². The van der Waals surface area contributed by atoms with E-state index in [1.807, 2.05) is 31.2 Å². The van der Waals surface area contributed by atoms with E-state index >= 15 is 0 Å². The molecule has 0 aliphatic carbocycles. The van der Waals surface area contributed by atoms with Gasteiger partial charge in [-0.15, -0.1) is 0 Å². The molecule has 1 fully saturated rings. The Bertz CT molecular complexity index is 461. The molecule has 19 heavy (non-hydrogen) atoms. The van der Waals surface area contributed by atoms with Crippen LogP contribution >= 0.6 is 0 Å². The van der Waals surface area contributed by atoms with Crippen molar-refractivity contribution in [3.63, 3.8) is 0 Å². The highest BCUT2D eigenvalue weighted by Gasteiger charge is 2.68. The van der Waals surface area contributed by atoms with Crippen LogP contribution in [0.3, 0.4) is 0 Å². The van der Waals surface area contributed by atoms with Gasteiger partial charge in [-0.1, -0.05) is 32.9 Å². The van der Waals surface area contributed by atoms with Crippen LogP contribution in [0.25, 0.3) is 0 Å². The van der Waals surface area contributed by atoms with Crippen LogP contribution in [0.15, 0.2) is 24.3 Å². The molecule has 106 valence electrons. The fraction of sp³-hybridized carbons (Fsp3) is 0.600. The first-order chi connectivity index (χ1) is 8.80. The molecule has 0 saturated carbocycles. The van der Waals surface area contributed by atoms with Gasteiger partial charge >= 0.3 is 0 Å². The van der Waals surface area contributed by atoms with Crippen LogP contribution in [0.1, 0.15) is 33.3 Å². The van der Waals surface area contributed by atoms with Crippen molar-refractivity contribution in [1.82, 2.24) is 0 Å². The van der Waals surface area contributed by atoms with E-state index in [0.717, 1.165) is 11.3 Å². The molecule has 2 rings (SSSR count). The molecule has 2 unspecified atom stereocenters. The first-order valence-electron chi connectivity index (χ1n) is 6.37. The molecule has 1 aliphatic heterocycles. The van der Waals surface area contributed by atoms with Crippen molar-refractivity contribution in [2.24, 2.45) is 5.41 Å². The number of hydrogen-bond donors (Lipinski definition) is 0. The molecule has 0 amide bonds. The van der Waals surface area contributed by atoms with E-state index < -0.39 is 11.4 Å². The highest BCUT2D eigenvalue weighted by Crippen LogP contribution is 2.57. The monoisotopic (exact) mass is 266 g/mol. The molecule has 1 aromatic carbocycles. The Balaban J connectivity index is 2.49. The molecule has 0 spiro atoms. The van der Waals surface area contributed by atoms with Gasteiger partial charge in [0.15, 0.2) is 5.60 Å². The summed E-state index contributed by atoms with van der Waals surface area (Å²) in [7, 11) is 3.27.